The first kappa shape index (κ1) is 14.7. The molecule has 2 saturated heterocycles. The van der Waals surface area contributed by atoms with Crippen molar-refractivity contribution in [3.8, 4) is 0 Å². The molecule has 6 heteroatoms. The summed E-state index contributed by atoms with van der Waals surface area (Å²) in [6, 6.07) is 0. The van der Waals surface area contributed by atoms with Gasteiger partial charge in [-0.25, -0.2) is 0 Å². The number of fused-ring (bicyclic) bond motifs is 1. The third-order valence-electron chi connectivity index (χ3n) is 4.56. The Hall–Kier alpha value is -1.24. The summed E-state index contributed by atoms with van der Waals surface area (Å²) in [4.78, 5) is 28.0. The average Bonchev–Trinajstić information content (AvgIpc) is 2.74. The third-order valence-corrected chi connectivity index (χ3v) is 4.56. The highest BCUT2D eigenvalue weighted by molar-refractivity contribution is 6.05. The number of aliphatic hydroxyl groups is 1. The zero-order valence-electron chi connectivity index (χ0n) is 12.1. The van der Waals surface area contributed by atoms with Gasteiger partial charge in [0.15, 0.2) is 0 Å². The first-order valence-corrected chi connectivity index (χ1v) is 7.65. The highest BCUT2D eigenvalue weighted by atomic mass is 16.5. The lowest BCUT2D eigenvalue weighted by molar-refractivity contribution is -0.141. The van der Waals surface area contributed by atoms with Crippen LogP contribution in [-0.4, -0.2) is 72.2 Å². The molecule has 0 saturated carbocycles. The number of amides is 2. The van der Waals surface area contributed by atoms with Crippen molar-refractivity contribution >= 4 is 11.8 Å². The Labute approximate surface area is 124 Å². The molecule has 0 bridgehead atoms. The van der Waals surface area contributed by atoms with Gasteiger partial charge in [-0.05, 0) is 12.8 Å². The maximum Gasteiger partial charge on any atom is 0.233 e. The van der Waals surface area contributed by atoms with Crippen LogP contribution in [0.5, 0.6) is 0 Å². The molecule has 2 amide bonds. The summed E-state index contributed by atoms with van der Waals surface area (Å²) in [5.41, 5.74) is 0. The zero-order chi connectivity index (χ0) is 14.8. The minimum Gasteiger partial charge on any atom is -0.390 e. The summed E-state index contributed by atoms with van der Waals surface area (Å²) in [7, 11) is 0. The van der Waals surface area contributed by atoms with E-state index in [4.69, 9.17) is 4.74 Å². The number of likely N-dealkylation sites (tertiary alicyclic amines) is 1. The molecule has 3 rings (SSSR count). The van der Waals surface area contributed by atoms with Crippen LogP contribution in [-0.2, 0) is 14.3 Å². The molecule has 0 aromatic rings. The average molecular weight is 294 g/mol. The van der Waals surface area contributed by atoms with Crippen molar-refractivity contribution in [1.29, 1.82) is 0 Å². The van der Waals surface area contributed by atoms with Crippen LogP contribution in [0.4, 0.5) is 0 Å². The molecule has 0 aromatic carbocycles. The van der Waals surface area contributed by atoms with E-state index in [1.165, 1.54) is 4.90 Å². The number of carbonyl (C=O) groups is 2. The number of hydrogen-bond donors (Lipinski definition) is 1. The van der Waals surface area contributed by atoms with E-state index in [1.54, 1.807) is 0 Å². The fourth-order valence-corrected chi connectivity index (χ4v) is 3.40. The largest absolute Gasteiger partial charge is 0.390 e. The van der Waals surface area contributed by atoms with Gasteiger partial charge in [0.1, 0.15) is 0 Å². The Kier molecular flexibility index (Phi) is 4.37. The number of allylic oxidation sites excluding steroid dienone is 2. The predicted molar refractivity (Wildman–Crippen MR) is 75.3 cm³/mol. The standard InChI is InChI=1S/C15H22N2O4/c18-11(9-16-5-7-21-8-6-16)10-17-14(19)12-3-1-2-4-13(12)15(17)20/h1-2,11-13,18H,3-10H2. The lowest BCUT2D eigenvalue weighted by Gasteiger charge is -2.29. The smallest absolute Gasteiger partial charge is 0.233 e. The molecule has 0 aromatic heterocycles. The van der Waals surface area contributed by atoms with Crippen LogP contribution in [0.2, 0.25) is 0 Å². The minimum atomic E-state index is -0.691. The van der Waals surface area contributed by atoms with Crippen LogP contribution in [0, 0.1) is 11.8 Å². The predicted octanol–water partition coefficient (Wildman–Crippen LogP) is -0.369. The van der Waals surface area contributed by atoms with Crippen LogP contribution >= 0.6 is 0 Å². The summed E-state index contributed by atoms with van der Waals surface area (Å²) in [5.74, 6) is -0.651. The maximum atomic E-state index is 12.3. The number of aliphatic hydroxyl groups excluding tert-OH is 1. The normalized spacial score (nSPS) is 31.6. The SMILES string of the molecule is O=C1C2CC=CCC2C(=O)N1CC(O)CN1CCOCC1. The number of morpholine rings is 1. The Bertz CT molecular complexity index is 419. The molecule has 116 valence electrons. The zero-order valence-corrected chi connectivity index (χ0v) is 12.1. The van der Waals surface area contributed by atoms with Crippen LogP contribution < -0.4 is 0 Å². The number of imide groups is 1. The van der Waals surface area contributed by atoms with E-state index in [9.17, 15) is 14.7 Å². The van der Waals surface area contributed by atoms with Gasteiger partial charge in [0, 0.05) is 19.6 Å². The molecule has 6 nitrogen and oxygen atoms in total. The number of rotatable bonds is 4. The van der Waals surface area contributed by atoms with Gasteiger partial charge in [0.2, 0.25) is 11.8 Å². The van der Waals surface area contributed by atoms with Gasteiger partial charge in [-0.15, -0.1) is 0 Å². The molecule has 1 aliphatic carbocycles. The van der Waals surface area contributed by atoms with Gasteiger partial charge < -0.3 is 9.84 Å². The van der Waals surface area contributed by atoms with E-state index in [2.05, 4.69) is 4.90 Å². The van der Waals surface area contributed by atoms with Crippen LogP contribution in [0.3, 0.4) is 0 Å². The van der Waals surface area contributed by atoms with Gasteiger partial charge in [-0.3, -0.25) is 19.4 Å². The van der Waals surface area contributed by atoms with Crippen molar-refractivity contribution in [3.63, 3.8) is 0 Å². The summed E-state index contributed by atoms with van der Waals surface area (Å²) < 4.78 is 5.26. The molecule has 2 heterocycles. The Morgan fingerprint density at radius 2 is 1.67 bits per heavy atom. The maximum absolute atomic E-state index is 12.3. The number of carbonyl (C=O) groups excluding carboxylic acids is 2. The monoisotopic (exact) mass is 294 g/mol. The lowest BCUT2D eigenvalue weighted by atomic mass is 9.85. The van der Waals surface area contributed by atoms with Crippen molar-refractivity contribution in [2.75, 3.05) is 39.4 Å². The fourth-order valence-electron chi connectivity index (χ4n) is 3.40. The third kappa shape index (κ3) is 3.02. The second-order valence-electron chi connectivity index (χ2n) is 6.01. The van der Waals surface area contributed by atoms with Gasteiger partial charge in [-0.2, -0.15) is 0 Å². The molecule has 3 unspecified atom stereocenters. The van der Waals surface area contributed by atoms with Gasteiger partial charge in [0.25, 0.3) is 0 Å². The van der Waals surface area contributed by atoms with Crippen molar-refractivity contribution in [2.45, 2.75) is 18.9 Å². The summed E-state index contributed by atoms with van der Waals surface area (Å²) >= 11 is 0. The molecule has 3 atom stereocenters. The highest BCUT2D eigenvalue weighted by Crippen LogP contribution is 2.35. The Morgan fingerprint density at radius 3 is 2.24 bits per heavy atom. The van der Waals surface area contributed by atoms with E-state index in [0.29, 0.717) is 32.6 Å². The first-order valence-electron chi connectivity index (χ1n) is 7.65. The molecule has 2 fully saturated rings. The number of β-amino-alcohol motifs (C(OH)–C–C–N with tert-alkyl or cyclic N) is 1. The van der Waals surface area contributed by atoms with Crippen LogP contribution in [0.15, 0.2) is 12.2 Å². The molecule has 3 aliphatic rings. The lowest BCUT2D eigenvalue weighted by Crippen LogP contribution is -2.46. The highest BCUT2D eigenvalue weighted by Gasteiger charge is 2.47. The van der Waals surface area contributed by atoms with E-state index in [1.807, 2.05) is 12.2 Å². The Morgan fingerprint density at radius 1 is 1.10 bits per heavy atom. The van der Waals surface area contributed by atoms with Crippen LogP contribution in [0.25, 0.3) is 0 Å². The van der Waals surface area contributed by atoms with E-state index in [-0.39, 0.29) is 30.2 Å². The van der Waals surface area contributed by atoms with Gasteiger partial charge in [-0.1, -0.05) is 12.2 Å². The quantitative estimate of drug-likeness (QED) is 0.566. The summed E-state index contributed by atoms with van der Waals surface area (Å²) in [6.07, 6.45) is 4.54. The van der Waals surface area contributed by atoms with E-state index >= 15 is 0 Å². The van der Waals surface area contributed by atoms with Crippen molar-refractivity contribution < 1.29 is 19.4 Å². The Balaban J connectivity index is 1.57. The van der Waals surface area contributed by atoms with Crippen molar-refractivity contribution in [1.82, 2.24) is 9.80 Å². The fraction of sp³-hybridized carbons (Fsp3) is 0.733. The summed E-state index contributed by atoms with van der Waals surface area (Å²) in [5, 5.41) is 10.2. The molecule has 21 heavy (non-hydrogen) atoms. The minimum absolute atomic E-state index is 0.113. The number of ether oxygens (including phenoxy) is 1. The molecular weight excluding hydrogens is 272 g/mol. The van der Waals surface area contributed by atoms with Gasteiger partial charge in [0.05, 0.1) is 37.7 Å². The second-order valence-corrected chi connectivity index (χ2v) is 6.01. The number of nitrogens with zero attached hydrogens (tertiary/aromatic N) is 2. The topological polar surface area (TPSA) is 70.1 Å². The molecular formula is C15H22N2O4. The van der Waals surface area contributed by atoms with Crippen LogP contribution in [0.1, 0.15) is 12.8 Å². The first-order chi connectivity index (χ1) is 10.2. The second kappa shape index (κ2) is 6.25. The molecule has 0 radical (unpaired) electrons. The molecule has 0 spiro atoms. The molecule has 1 N–H and O–H groups in total. The van der Waals surface area contributed by atoms with Crippen molar-refractivity contribution in [3.05, 3.63) is 12.2 Å². The van der Waals surface area contributed by atoms with E-state index < -0.39 is 6.10 Å². The van der Waals surface area contributed by atoms with Gasteiger partial charge >= 0.3 is 0 Å². The van der Waals surface area contributed by atoms with E-state index in [0.717, 1.165) is 13.1 Å². The molecule has 2 aliphatic heterocycles. The summed E-state index contributed by atoms with van der Waals surface area (Å²) in [6.45, 7) is 3.51. The van der Waals surface area contributed by atoms with Crippen molar-refractivity contribution in [2.24, 2.45) is 11.8 Å². The number of hydrogen-bond acceptors (Lipinski definition) is 5.